The molecule has 1 heterocycles. The standard InChI is InChI=1S/C18H21N3O/c1-19-13-12-15(14-8-4-3-5-9-14)21-17-11-7-6-10-16(17)20(2)18(21)22/h3-11,15,19H,12-13H2,1-2H3/t15-/m1/s1. The van der Waals surface area contributed by atoms with Gasteiger partial charge in [-0.3, -0.25) is 9.13 Å². The molecule has 3 rings (SSSR count). The molecule has 0 saturated heterocycles. The Bertz CT molecular complexity index is 817. The van der Waals surface area contributed by atoms with E-state index in [-0.39, 0.29) is 11.7 Å². The molecule has 22 heavy (non-hydrogen) atoms. The smallest absolute Gasteiger partial charge is 0.320 e. The zero-order chi connectivity index (χ0) is 15.5. The number of aromatic nitrogens is 2. The van der Waals surface area contributed by atoms with Gasteiger partial charge in [0.1, 0.15) is 0 Å². The Morgan fingerprint density at radius 1 is 1.00 bits per heavy atom. The molecule has 1 aromatic heterocycles. The van der Waals surface area contributed by atoms with Gasteiger partial charge in [-0.1, -0.05) is 42.5 Å². The summed E-state index contributed by atoms with van der Waals surface area (Å²) >= 11 is 0. The number of hydrogen-bond acceptors (Lipinski definition) is 2. The van der Waals surface area contributed by atoms with Gasteiger partial charge in [0.05, 0.1) is 17.1 Å². The summed E-state index contributed by atoms with van der Waals surface area (Å²) in [5.74, 6) is 0. The first-order chi connectivity index (χ1) is 10.7. The molecule has 0 radical (unpaired) electrons. The normalized spacial score (nSPS) is 12.6. The highest BCUT2D eigenvalue weighted by atomic mass is 16.1. The van der Waals surface area contributed by atoms with E-state index in [1.807, 2.05) is 61.1 Å². The minimum Gasteiger partial charge on any atom is -0.320 e. The van der Waals surface area contributed by atoms with Gasteiger partial charge in [0.25, 0.3) is 0 Å². The van der Waals surface area contributed by atoms with Crippen molar-refractivity contribution in [3.63, 3.8) is 0 Å². The van der Waals surface area contributed by atoms with Crippen LogP contribution >= 0.6 is 0 Å². The molecule has 0 aliphatic heterocycles. The van der Waals surface area contributed by atoms with Crippen LogP contribution in [-0.2, 0) is 7.05 Å². The van der Waals surface area contributed by atoms with Gasteiger partial charge in [-0.15, -0.1) is 0 Å². The molecule has 2 aromatic carbocycles. The van der Waals surface area contributed by atoms with Crippen molar-refractivity contribution in [1.29, 1.82) is 0 Å². The van der Waals surface area contributed by atoms with Crippen molar-refractivity contribution in [3.8, 4) is 0 Å². The molecular formula is C18H21N3O. The summed E-state index contributed by atoms with van der Waals surface area (Å²) in [6.45, 7) is 0.856. The van der Waals surface area contributed by atoms with Crippen LogP contribution < -0.4 is 11.0 Å². The molecule has 3 aromatic rings. The van der Waals surface area contributed by atoms with Crippen LogP contribution in [0.4, 0.5) is 0 Å². The van der Waals surface area contributed by atoms with E-state index in [1.54, 1.807) is 4.57 Å². The van der Waals surface area contributed by atoms with E-state index in [0.717, 1.165) is 29.6 Å². The largest absolute Gasteiger partial charge is 0.329 e. The lowest BCUT2D eigenvalue weighted by Crippen LogP contribution is -2.28. The van der Waals surface area contributed by atoms with Crippen LogP contribution in [0, 0.1) is 0 Å². The van der Waals surface area contributed by atoms with Crippen molar-refractivity contribution >= 4 is 11.0 Å². The fourth-order valence-corrected chi connectivity index (χ4v) is 3.02. The quantitative estimate of drug-likeness (QED) is 0.785. The lowest BCUT2D eigenvalue weighted by Gasteiger charge is -2.19. The van der Waals surface area contributed by atoms with E-state index < -0.39 is 0 Å². The maximum Gasteiger partial charge on any atom is 0.329 e. The van der Waals surface area contributed by atoms with E-state index in [1.165, 1.54) is 0 Å². The van der Waals surface area contributed by atoms with E-state index in [0.29, 0.717) is 0 Å². The second-order valence-electron chi connectivity index (χ2n) is 5.52. The Balaban J connectivity index is 2.20. The van der Waals surface area contributed by atoms with Gasteiger partial charge in [0.15, 0.2) is 0 Å². The molecule has 0 saturated carbocycles. The molecule has 0 fully saturated rings. The van der Waals surface area contributed by atoms with Crippen molar-refractivity contribution in [2.45, 2.75) is 12.5 Å². The lowest BCUT2D eigenvalue weighted by molar-refractivity contribution is 0.517. The molecule has 1 atom stereocenters. The van der Waals surface area contributed by atoms with E-state index >= 15 is 0 Å². The highest BCUT2D eigenvalue weighted by Crippen LogP contribution is 2.24. The van der Waals surface area contributed by atoms with Crippen molar-refractivity contribution < 1.29 is 0 Å². The fraction of sp³-hybridized carbons (Fsp3) is 0.278. The first-order valence-electron chi connectivity index (χ1n) is 7.59. The molecule has 4 heteroatoms. The minimum atomic E-state index is 0.0335. The highest BCUT2D eigenvalue weighted by molar-refractivity contribution is 5.76. The minimum absolute atomic E-state index is 0.0335. The van der Waals surface area contributed by atoms with Gasteiger partial charge in [-0.2, -0.15) is 0 Å². The van der Waals surface area contributed by atoms with Gasteiger partial charge >= 0.3 is 5.69 Å². The van der Waals surface area contributed by atoms with Crippen molar-refractivity contribution in [2.75, 3.05) is 13.6 Å². The summed E-state index contributed by atoms with van der Waals surface area (Å²) in [7, 11) is 3.77. The maximum atomic E-state index is 12.8. The Kier molecular flexibility index (Phi) is 4.11. The molecule has 0 spiro atoms. The zero-order valence-corrected chi connectivity index (χ0v) is 13.0. The Morgan fingerprint density at radius 3 is 2.32 bits per heavy atom. The maximum absolute atomic E-state index is 12.8. The first kappa shape index (κ1) is 14.6. The van der Waals surface area contributed by atoms with Crippen molar-refractivity contribution in [2.24, 2.45) is 7.05 Å². The monoisotopic (exact) mass is 295 g/mol. The zero-order valence-electron chi connectivity index (χ0n) is 13.0. The molecule has 114 valence electrons. The molecule has 0 unspecified atom stereocenters. The lowest BCUT2D eigenvalue weighted by atomic mass is 10.0. The van der Waals surface area contributed by atoms with Crippen LogP contribution in [0.5, 0.6) is 0 Å². The number of aryl methyl sites for hydroxylation is 1. The van der Waals surface area contributed by atoms with E-state index in [9.17, 15) is 4.79 Å². The van der Waals surface area contributed by atoms with Crippen molar-refractivity contribution in [1.82, 2.24) is 14.5 Å². The van der Waals surface area contributed by atoms with Gasteiger partial charge in [0, 0.05) is 7.05 Å². The molecule has 0 bridgehead atoms. The predicted molar refractivity (Wildman–Crippen MR) is 90.3 cm³/mol. The Morgan fingerprint density at radius 2 is 1.64 bits per heavy atom. The van der Waals surface area contributed by atoms with Gasteiger partial charge < -0.3 is 5.32 Å². The molecule has 0 aliphatic rings. The van der Waals surface area contributed by atoms with Crippen LogP contribution in [-0.4, -0.2) is 22.7 Å². The summed E-state index contributed by atoms with van der Waals surface area (Å²) in [4.78, 5) is 12.8. The second kappa shape index (κ2) is 6.20. The van der Waals surface area contributed by atoms with Crippen LogP contribution in [0.2, 0.25) is 0 Å². The average molecular weight is 295 g/mol. The number of rotatable bonds is 5. The van der Waals surface area contributed by atoms with Crippen LogP contribution in [0.3, 0.4) is 0 Å². The number of fused-ring (bicyclic) bond motifs is 1. The Labute approximate surface area is 130 Å². The second-order valence-corrected chi connectivity index (χ2v) is 5.52. The van der Waals surface area contributed by atoms with Gasteiger partial charge in [-0.05, 0) is 37.7 Å². The third-order valence-electron chi connectivity index (χ3n) is 4.16. The summed E-state index contributed by atoms with van der Waals surface area (Å²) in [5.41, 5.74) is 3.15. The number of nitrogens with zero attached hydrogens (tertiary/aromatic N) is 2. The van der Waals surface area contributed by atoms with Gasteiger partial charge in [0.2, 0.25) is 0 Å². The van der Waals surface area contributed by atoms with Crippen LogP contribution in [0.25, 0.3) is 11.0 Å². The molecule has 1 N–H and O–H groups in total. The molecule has 0 aliphatic carbocycles. The predicted octanol–water partition coefficient (Wildman–Crippen LogP) is 2.54. The van der Waals surface area contributed by atoms with E-state index in [4.69, 9.17) is 0 Å². The molecule has 0 amide bonds. The topological polar surface area (TPSA) is 39.0 Å². The summed E-state index contributed by atoms with van der Waals surface area (Å²) in [6.07, 6.45) is 0.869. The number of benzene rings is 2. The third kappa shape index (κ3) is 2.46. The van der Waals surface area contributed by atoms with Crippen LogP contribution in [0.1, 0.15) is 18.0 Å². The first-order valence-corrected chi connectivity index (χ1v) is 7.59. The number of imidazole rings is 1. The van der Waals surface area contributed by atoms with Crippen molar-refractivity contribution in [3.05, 3.63) is 70.6 Å². The summed E-state index contributed by atoms with van der Waals surface area (Å²) in [5, 5.41) is 3.19. The van der Waals surface area contributed by atoms with Crippen LogP contribution in [0.15, 0.2) is 59.4 Å². The average Bonchev–Trinajstić information content (AvgIpc) is 2.82. The third-order valence-corrected chi connectivity index (χ3v) is 4.16. The molecule has 4 nitrogen and oxygen atoms in total. The number of nitrogens with one attached hydrogen (secondary N) is 1. The number of para-hydroxylation sites is 2. The van der Waals surface area contributed by atoms with Gasteiger partial charge in [-0.25, -0.2) is 4.79 Å². The Hall–Kier alpha value is -2.33. The number of hydrogen-bond donors (Lipinski definition) is 1. The summed E-state index contributed by atoms with van der Waals surface area (Å²) < 4.78 is 3.65. The molecular weight excluding hydrogens is 274 g/mol. The highest BCUT2D eigenvalue weighted by Gasteiger charge is 2.20. The SMILES string of the molecule is CNCC[C@H](c1ccccc1)n1c(=O)n(C)c2ccccc21. The fourth-order valence-electron chi connectivity index (χ4n) is 3.02. The van der Waals surface area contributed by atoms with E-state index in [2.05, 4.69) is 17.4 Å². The summed E-state index contributed by atoms with van der Waals surface area (Å²) in [6, 6.07) is 18.2.